The van der Waals surface area contributed by atoms with Crippen LogP contribution in [0.5, 0.6) is 0 Å². The number of para-hydroxylation sites is 1. The summed E-state index contributed by atoms with van der Waals surface area (Å²) >= 11 is 1.25. The lowest BCUT2D eigenvalue weighted by Gasteiger charge is -2.09. The molecular weight excluding hydrogens is 366 g/mol. The van der Waals surface area contributed by atoms with E-state index in [1.165, 1.54) is 16.3 Å². The van der Waals surface area contributed by atoms with E-state index in [4.69, 9.17) is 14.1 Å². The van der Waals surface area contributed by atoms with Crippen molar-refractivity contribution in [3.8, 4) is 17.5 Å². The fourth-order valence-electron chi connectivity index (χ4n) is 2.67. The van der Waals surface area contributed by atoms with E-state index in [9.17, 15) is 4.79 Å². The summed E-state index contributed by atoms with van der Waals surface area (Å²) in [6, 6.07) is 10.8. The molecule has 0 aliphatic carbocycles. The normalized spacial score (nSPS) is 11.0. The Labute approximate surface area is 157 Å². The third-order valence-electron chi connectivity index (χ3n) is 3.99. The SMILES string of the molecule is Cc1occc1-c1nnc(SCc2nc3ccccc3c(=O)n2CC#N)o1. The quantitative estimate of drug-likeness (QED) is 0.486. The summed E-state index contributed by atoms with van der Waals surface area (Å²) < 4.78 is 12.3. The molecule has 0 atom stereocenters. The Kier molecular flexibility index (Phi) is 4.48. The molecule has 0 unspecified atom stereocenters. The van der Waals surface area contributed by atoms with Gasteiger partial charge in [0.15, 0.2) is 0 Å². The zero-order valence-electron chi connectivity index (χ0n) is 14.2. The maximum Gasteiger partial charge on any atom is 0.277 e. The molecule has 1 aromatic carbocycles. The number of nitriles is 1. The fraction of sp³-hybridized carbons (Fsp3) is 0.167. The lowest BCUT2D eigenvalue weighted by molar-refractivity contribution is 0.463. The number of furan rings is 1. The van der Waals surface area contributed by atoms with Crippen LogP contribution in [0.25, 0.3) is 22.4 Å². The van der Waals surface area contributed by atoms with Crippen LogP contribution in [0.2, 0.25) is 0 Å². The predicted molar refractivity (Wildman–Crippen MR) is 97.9 cm³/mol. The van der Waals surface area contributed by atoms with Crippen LogP contribution >= 0.6 is 11.8 Å². The van der Waals surface area contributed by atoms with Gasteiger partial charge in [0.05, 0.1) is 34.6 Å². The third-order valence-corrected chi connectivity index (χ3v) is 4.80. The highest BCUT2D eigenvalue weighted by atomic mass is 32.2. The number of fused-ring (bicyclic) bond motifs is 1. The summed E-state index contributed by atoms with van der Waals surface area (Å²) in [6.07, 6.45) is 1.56. The average molecular weight is 379 g/mol. The van der Waals surface area contributed by atoms with Crippen LogP contribution in [-0.2, 0) is 12.3 Å². The molecule has 3 aromatic heterocycles. The number of rotatable bonds is 5. The summed E-state index contributed by atoms with van der Waals surface area (Å²) in [6.45, 7) is 1.74. The summed E-state index contributed by atoms with van der Waals surface area (Å²) in [5.41, 5.74) is 1.09. The minimum Gasteiger partial charge on any atom is -0.469 e. The van der Waals surface area contributed by atoms with E-state index in [-0.39, 0.29) is 12.1 Å². The highest BCUT2D eigenvalue weighted by molar-refractivity contribution is 7.98. The molecule has 8 nitrogen and oxygen atoms in total. The average Bonchev–Trinajstić information content (AvgIpc) is 3.31. The molecule has 0 bridgehead atoms. The van der Waals surface area contributed by atoms with Crippen LogP contribution in [0.1, 0.15) is 11.6 Å². The maximum atomic E-state index is 12.6. The highest BCUT2D eigenvalue weighted by Crippen LogP contribution is 2.27. The number of thioether (sulfide) groups is 1. The summed E-state index contributed by atoms with van der Waals surface area (Å²) in [7, 11) is 0. The molecule has 27 heavy (non-hydrogen) atoms. The van der Waals surface area contributed by atoms with E-state index in [2.05, 4.69) is 15.2 Å². The lowest BCUT2D eigenvalue weighted by Crippen LogP contribution is -2.24. The topological polar surface area (TPSA) is 111 Å². The van der Waals surface area contributed by atoms with Crippen molar-refractivity contribution in [2.75, 3.05) is 0 Å². The highest BCUT2D eigenvalue weighted by Gasteiger charge is 2.15. The molecule has 0 spiro atoms. The van der Waals surface area contributed by atoms with Crippen molar-refractivity contribution in [2.45, 2.75) is 24.4 Å². The van der Waals surface area contributed by atoms with Gasteiger partial charge >= 0.3 is 0 Å². The second-order valence-corrected chi connectivity index (χ2v) is 6.57. The van der Waals surface area contributed by atoms with Crippen LogP contribution < -0.4 is 5.56 Å². The third kappa shape index (κ3) is 3.22. The van der Waals surface area contributed by atoms with Gasteiger partial charge in [-0.1, -0.05) is 23.9 Å². The van der Waals surface area contributed by atoms with Gasteiger partial charge < -0.3 is 8.83 Å². The molecular formula is C18H13N5O3S. The Morgan fingerprint density at radius 1 is 1.26 bits per heavy atom. The van der Waals surface area contributed by atoms with E-state index in [1.807, 2.05) is 19.1 Å². The van der Waals surface area contributed by atoms with Crippen molar-refractivity contribution < 1.29 is 8.83 Å². The number of benzene rings is 1. The van der Waals surface area contributed by atoms with Gasteiger partial charge in [-0.15, -0.1) is 10.2 Å². The van der Waals surface area contributed by atoms with Crippen LogP contribution in [-0.4, -0.2) is 19.7 Å². The van der Waals surface area contributed by atoms with Gasteiger partial charge in [-0.25, -0.2) is 4.98 Å². The summed E-state index contributed by atoms with van der Waals surface area (Å²) in [5, 5.41) is 17.9. The van der Waals surface area contributed by atoms with E-state index < -0.39 is 0 Å². The minimum absolute atomic E-state index is 0.0736. The standard InChI is InChI=1S/C18H13N5O3S/c1-11-12(6-9-25-11)16-21-22-18(26-16)27-10-15-20-14-5-3-2-4-13(14)17(24)23(15)8-7-19/h2-6,9H,8,10H2,1H3. The van der Waals surface area contributed by atoms with E-state index >= 15 is 0 Å². The first kappa shape index (κ1) is 17.1. The van der Waals surface area contributed by atoms with Gasteiger partial charge in [-0.3, -0.25) is 9.36 Å². The van der Waals surface area contributed by atoms with Gasteiger partial charge in [0, 0.05) is 0 Å². The number of aryl methyl sites for hydroxylation is 1. The summed E-state index contributed by atoms with van der Waals surface area (Å²) in [5.74, 6) is 1.84. The van der Waals surface area contributed by atoms with Crippen molar-refractivity contribution >= 4 is 22.7 Å². The van der Waals surface area contributed by atoms with Gasteiger partial charge in [-0.2, -0.15) is 5.26 Å². The first-order valence-corrected chi connectivity index (χ1v) is 9.02. The number of nitrogens with zero attached hydrogens (tertiary/aromatic N) is 5. The van der Waals surface area contributed by atoms with Gasteiger partial charge in [0.2, 0.25) is 0 Å². The van der Waals surface area contributed by atoms with Crippen LogP contribution in [0.3, 0.4) is 0 Å². The molecule has 4 rings (SSSR count). The first-order valence-electron chi connectivity index (χ1n) is 8.03. The molecule has 0 saturated carbocycles. The van der Waals surface area contributed by atoms with Gasteiger partial charge in [0.25, 0.3) is 16.7 Å². The molecule has 0 aliphatic rings. The lowest BCUT2D eigenvalue weighted by atomic mass is 10.2. The zero-order valence-corrected chi connectivity index (χ0v) is 15.1. The van der Waals surface area contributed by atoms with E-state index in [0.29, 0.717) is 39.4 Å². The largest absolute Gasteiger partial charge is 0.469 e. The molecule has 4 aromatic rings. The molecule has 0 aliphatic heterocycles. The Morgan fingerprint density at radius 3 is 2.89 bits per heavy atom. The number of hydrogen-bond donors (Lipinski definition) is 0. The van der Waals surface area contributed by atoms with Crippen molar-refractivity contribution in [3.05, 3.63) is 58.5 Å². The molecule has 9 heteroatoms. The van der Waals surface area contributed by atoms with Crippen molar-refractivity contribution in [1.29, 1.82) is 5.26 Å². The Bertz CT molecular complexity index is 1220. The smallest absolute Gasteiger partial charge is 0.277 e. The Hall–Kier alpha value is -3.38. The van der Waals surface area contributed by atoms with Gasteiger partial charge in [0.1, 0.15) is 18.1 Å². The van der Waals surface area contributed by atoms with Crippen molar-refractivity contribution in [3.63, 3.8) is 0 Å². The van der Waals surface area contributed by atoms with Crippen molar-refractivity contribution in [2.24, 2.45) is 0 Å². The molecule has 0 saturated heterocycles. The zero-order chi connectivity index (χ0) is 18.8. The summed E-state index contributed by atoms with van der Waals surface area (Å²) in [4.78, 5) is 17.2. The minimum atomic E-state index is -0.238. The first-order chi connectivity index (χ1) is 13.2. The van der Waals surface area contributed by atoms with Crippen LogP contribution in [0.4, 0.5) is 0 Å². The van der Waals surface area contributed by atoms with Gasteiger partial charge in [-0.05, 0) is 25.1 Å². The second kappa shape index (κ2) is 7.09. The Balaban J connectivity index is 1.63. The molecule has 0 N–H and O–H groups in total. The van der Waals surface area contributed by atoms with E-state index in [0.717, 1.165) is 5.56 Å². The van der Waals surface area contributed by atoms with Crippen molar-refractivity contribution in [1.82, 2.24) is 19.7 Å². The molecule has 0 amide bonds. The second-order valence-electron chi connectivity index (χ2n) is 5.65. The van der Waals surface area contributed by atoms with Crippen LogP contribution in [0.15, 0.2) is 55.4 Å². The van der Waals surface area contributed by atoms with Crippen LogP contribution in [0, 0.1) is 18.3 Å². The number of aromatic nitrogens is 4. The Morgan fingerprint density at radius 2 is 2.11 bits per heavy atom. The predicted octanol–water partition coefficient (Wildman–Crippen LogP) is 3.16. The monoisotopic (exact) mass is 379 g/mol. The fourth-order valence-corrected chi connectivity index (χ4v) is 3.38. The maximum absolute atomic E-state index is 12.6. The molecule has 3 heterocycles. The number of hydrogen-bond acceptors (Lipinski definition) is 8. The van der Waals surface area contributed by atoms with E-state index in [1.54, 1.807) is 30.5 Å². The molecule has 0 fully saturated rings. The molecule has 0 radical (unpaired) electrons. The molecule has 134 valence electrons.